The monoisotopic (exact) mass is 266 g/mol. The first-order valence-corrected chi connectivity index (χ1v) is 6.64. The van der Waals surface area contributed by atoms with Crippen LogP contribution >= 0.6 is 11.8 Å². The zero-order valence-electron chi connectivity index (χ0n) is 10.1. The van der Waals surface area contributed by atoms with E-state index in [2.05, 4.69) is 10.2 Å². The first kappa shape index (κ1) is 13.0. The van der Waals surface area contributed by atoms with E-state index >= 15 is 0 Å². The molecular formula is C13H12F2N2S. The molecule has 0 radical (unpaired) electrons. The topological polar surface area (TPSA) is 25.8 Å². The van der Waals surface area contributed by atoms with Gasteiger partial charge >= 0.3 is 0 Å². The van der Waals surface area contributed by atoms with Crippen LogP contribution in [0.4, 0.5) is 8.78 Å². The summed E-state index contributed by atoms with van der Waals surface area (Å²) in [5.41, 5.74) is 1.55. The summed E-state index contributed by atoms with van der Waals surface area (Å²) in [6.07, 6.45) is 3.70. The van der Waals surface area contributed by atoms with Gasteiger partial charge in [-0.1, -0.05) is 6.07 Å². The molecule has 1 heterocycles. The maximum absolute atomic E-state index is 13.6. The number of hydrogen-bond donors (Lipinski definition) is 0. The van der Waals surface area contributed by atoms with Crippen molar-refractivity contribution in [2.24, 2.45) is 0 Å². The summed E-state index contributed by atoms with van der Waals surface area (Å²) in [5.74, 6) is -1.10. The van der Waals surface area contributed by atoms with Gasteiger partial charge in [0.25, 0.3) is 0 Å². The minimum absolute atomic E-state index is 0.0353. The lowest BCUT2D eigenvalue weighted by molar-refractivity contribution is 0.559. The van der Waals surface area contributed by atoms with E-state index in [1.807, 2.05) is 13.2 Å². The summed E-state index contributed by atoms with van der Waals surface area (Å²) in [4.78, 5) is 0.969. The van der Waals surface area contributed by atoms with Crippen LogP contribution in [0.1, 0.15) is 16.8 Å². The highest BCUT2D eigenvalue weighted by Crippen LogP contribution is 2.23. The lowest BCUT2D eigenvalue weighted by atomic mass is 10.1. The van der Waals surface area contributed by atoms with Gasteiger partial charge < -0.3 is 0 Å². The van der Waals surface area contributed by atoms with Gasteiger partial charge in [-0.2, -0.15) is 10.2 Å². The van der Waals surface area contributed by atoms with Crippen LogP contribution in [0.25, 0.3) is 0 Å². The SMILES string of the molecule is CSc1cnnc(Cc2c(F)cccc2F)c1C. The number of aromatic nitrogens is 2. The van der Waals surface area contributed by atoms with Crippen LogP contribution < -0.4 is 0 Å². The number of rotatable bonds is 3. The third-order valence-corrected chi connectivity index (χ3v) is 3.63. The van der Waals surface area contributed by atoms with E-state index in [1.165, 1.54) is 30.0 Å². The molecule has 0 saturated carbocycles. The Balaban J connectivity index is 2.40. The van der Waals surface area contributed by atoms with Crippen LogP contribution in [0.3, 0.4) is 0 Å². The Hall–Kier alpha value is -1.49. The summed E-state index contributed by atoms with van der Waals surface area (Å²) >= 11 is 1.54. The molecule has 0 N–H and O–H groups in total. The molecule has 0 saturated heterocycles. The number of halogens is 2. The van der Waals surface area contributed by atoms with Gasteiger partial charge in [0.1, 0.15) is 11.6 Å². The van der Waals surface area contributed by atoms with Crippen molar-refractivity contribution in [2.45, 2.75) is 18.2 Å². The normalized spacial score (nSPS) is 10.7. The maximum Gasteiger partial charge on any atom is 0.129 e. The summed E-state index contributed by atoms with van der Waals surface area (Å²) in [6.45, 7) is 1.88. The number of benzene rings is 1. The molecule has 94 valence electrons. The molecule has 0 amide bonds. The predicted octanol–water partition coefficient (Wildman–Crippen LogP) is 3.38. The summed E-state index contributed by atoms with van der Waals surface area (Å²) in [6, 6.07) is 3.85. The minimum Gasteiger partial charge on any atom is -0.207 e. The Morgan fingerprint density at radius 3 is 2.50 bits per heavy atom. The van der Waals surface area contributed by atoms with E-state index in [9.17, 15) is 8.78 Å². The lowest BCUT2D eigenvalue weighted by Crippen LogP contribution is -2.03. The fourth-order valence-electron chi connectivity index (χ4n) is 1.71. The molecule has 2 rings (SSSR count). The van der Waals surface area contributed by atoms with Crippen LogP contribution in [-0.4, -0.2) is 16.5 Å². The van der Waals surface area contributed by atoms with E-state index in [4.69, 9.17) is 0 Å². The molecule has 18 heavy (non-hydrogen) atoms. The fourth-order valence-corrected chi connectivity index (χ4v) is 2.28. The standard InChI is InChI=1S/C13H12F2N2S/c1-8-12(17-16-7-13(8)18-2)6-9-10(14)4-3-5-11(9)15/h3-5,7H,6H2,1-2H3. The van der Waals surface area contributed by atoms with Crippen molar-refractivity contribution in [3.63, 3.8) is 0 Å². The van der Waals surface area contributed by atoms with Crippen molar-refractivity contribution in [2.75, 3.05) is 6.26 Å². The van der Waals surface area contributed by atoms with Crippen molar-refractivity contribution in [1.82, 2.24) is 10.2 Å². The summed E-state index contributed by atoms with van der Waals surface area (Å²) < 4.78 is 27.1. The second kappa shape index (κ2) is 5.44. The van der Waals surface area contributed by atoms with Crippen molar-refractivity contribution >= 4 is 11.8 Å². The molecule has 0 aliphatic rings. The Labute approximate surface area is 108 Å². The van der Waals surface area contributed by atoms with Crippen LogP contribution in [-0.2, 0) is 6.42 Å². The first-order valence-electron chi connectivity index (χ1n) is 5.41. The van der Waals surface area contributed by atoms with Crippen LogP contribution in [0.2, 0.25) is 0 Å². The van der Waals surface area contributed by atoms with Crippen LogP contribution in [0, 0.1) is 18.6 Å². The molecule has 0 bridgehead atoms. The Morgan fingerprint density at radius 2 is 1.89 bits per heavy atom. The van der Waals surface area contributed by atoms with E-state index in [1.54, 1.807) is 6.20 Å². The average Bonchev–Trinajstić information content (AvgIpc) is 2.36. The zero-order chi connectivity index (χ0) is 13.1. The molecular weight excluding hydrogens is 254 g/mol. The van der Waals surface area contributed by atoms with Gasteiger partial charge in [0.2, 0.25) is 0 Å². The summed E-state index contributed by atoms with van der Waals surface area (Å²) in [7, 11) is 0. The molecule has 2 aromatic rings. The van der Waals surface area contributed by atoms with Crippen molar-refractivity contribution < 1.29 is 8.78 Å². The average molecular weight is 266 g/mol. The van der Waals surface area contributed by atoms with Crippen molar-refractivity contribution in [1.29, 1.82) is 0 Å². The first-order chi connectivity index (χ1) is 8.63. The molecule has 1 aromatic carbocycles. The second-order valence-corrected chi connectivity index (χ2v) is 4.71. The highest BCUT2D eigenvalue weighted by Gasteiger charge is 2.13. The quantitative estimate of drug-likeness (QED) is 0.796. The van der Waals surface area contributed by atoms with Gasteiger partial charge in [0.05, 0.1) is 11.9 Å². The Morgan fingerprint density at radius 1 is 1.22 bits per heavy atom. The molecule has 0 unspecified atom stereocenters. The smallest absolute Gasteiger partial charge is 0.129 e. The Bertz CT molecular complexity index is 553. The van der Waals surface area contributed by atoms with E-state index < -0.39 is 11.6 Å². The van der Waals surface area contributed by atoms with E-state index in [-0.39, 0.29) is 12.0 Å². The van der Waals surface area contributed by atoms with Crippen LogP contribution in [0.15, 0.2) is 29.3 Å². The molecule has 0 aliphatic heterocycles. The molecule has 1 aromatic heterocycles. The van der Waals surface area contributed by atoms with Gasteiger partial charge in [-0.15, -0.1) is 11.8 Å². The molecule has 5 heteroatoms. The lowest BCUT2D eigenvalue weighted by Gasteiger charge is -2.08. The number of hydrogen-bond acceptors (Lipinski definition) is 3. The minimum atomic E-state index is -0.550. The third-order valence-electron chi connectivity index (χ3n) is 2.78. The van der Waals surface area contributed by atoms with Gasteiger partial charge in [0.15, 0.2) is 0 Å². The second-order valence-electron chi connectivity index (χ2n) is 3.86. The third kappa shape index (κ3) is 2.51. The molecule has 0 fully saturated rings. The van der Waals surface area contributed by atoms with Crippen molar-refractivity contribution in [3.05, 3.63) is 52.9 Å². The molecule has 0 spiro atoms. The van der Waals surface area contributed by atoms with Gasteiger partial charge in [0, 0.05) is 16.9 Å². The highest BCUT2D eigenvalue weighted by atomic mass is 32.2. The van der Waals surface area contributed by atoms with E-state index in [0.29, 0.717) is 5.69 Å². The number of thioether (sulfide) groups is 1. The molecule has 2 nitrogen and oxygen atoms in total. The number of nitrogens with zero attached hydrogens (tertiary/aromatic N) is 2. The zero-order valence-corrected chi connectivity index (χ0v) is 10.9. The fraction of sp³-hybridized carbons (Fsp3) is 0.231. The largest absolute Gasteiger partial charge is 0.207 e. The van der Waals surface area contributed by atoms with Crippen LogP contribution in [0.5, 0.6) is 0 Å². The predicted molar refractivity (Wildman–Crippen MR) is 67.7 cm³/mol. The van der Waals surface area contributed by atoms with Gasteiger partial charge in [-0.3, -0.25) is 0 Å². The van der Waals surface area contributed by atoms with Gasteiger partial charge in [-0.25, -0.2) is 8.78 Å². The van der Waals surface area contributed by atoms with Gasteiger partial charge in [-0.05, 0) is 30.9 Å². The van der Waals surface area contributed by atoms with Crippen molar-refractivity contribution in [3.8, 4) is 0 Å². The highest BCUT2D eigenvalue weighted by molar-refractivity contribution is 7.98. The molecule has 0 aliphatic carbocycles. The molecule has 0 atom stereocenters. The Kier molecular flexibility index (Phi) is 3.91. The maximum atomic E-state index is 13.6. The summed E-state index contributed by atoms with van der Waals surface area (Å²) in [5, 5.41) is 7.82. The van der Waals surface area contributed by atoms with E-state index in [0.717, 1.165) is 10.5 Å².